The number of fused-ring (bicyclic) bond motifs is 1. The Morgan fingerprint density at radius 2 is 2.06 bits per heavy atom. The molecule has 2 rings (SSSR count). The van der Waals surface area contributed by atoms with Crippen LogP contribution in [0.15, 0.2) is 24.3 Å². The number of pyridine rings is 1. The molecule has 0 aliphatic heterocycles. The molecule has 0 spiro atoms. The van der Waals surface area contributed by atoms with E-state index < -0.39 is 0 Å². The van der Waals surface area contributed by atoms with E-state index in [0.29, 0.717) is 0 Å². The Morgan fingerprint density at radius 3 is 2.67 bits per heavy atom. The maximum Gasteiger partial charge on any atom is 0.128 e. The van der Waals surface area contributed by atoms with Gasteiger partial charge < -0.3 is 10.5 Å². The molecule has 0 fully saturated rings. The van der Waals surface area contributed by atoms with Crippen LogP contribution in [-0.2, 0) is 6.42 Å². The summed E-state index contributed by atoms with van der Waals surface area (Å²) in [4.78, 5) is 4.67. The lowest BCUT2D eigenvalue weighted by Crippen LogP contribution is -2.34. The van der Waals surface area contributed by atoms with E-state index in [-0.39, 0.29) is 5.54 Å². The second kappa shape index (κ2) is 4.58. The van der Waals surface area contributed by atoms with Crippen LogP contribution in [0.1, 0.15) is 25.1 Å². The molecule has 18 heavy (non-hydrogen) atoms. The number of rotatable bonds is 3. The number of benzene rings is 1. The first-order valence-corrected chi connectivity index (χ1v) is 6.13. The zero-order valence-electron chi connectivity index (χ0n) is 11.4. The summed E-state index contributed by atoms with van der Waals surface area (Å²) in [5, 5.41) is 1.08. The quantitative estimate of drug-likeness (QED) is 0.903. The van der Waals surface area contributed by atoms with E-state index in [1.54, 1.807) is 7.11 Å². The van der Waals surface area contributed by atoms with Gasteiger partial charge in [-0.25, -0.2) is 0 Å². The van der Waals surface area contributed by atoms with Gasteiger partial charge in [0.25, 0.3) is 0 Å². The van der Waals surface area contributed by atoms with Crippen molar-refractivity contribution in [2.75, 3.05) is 7.11 Å². The number of nitrogens with zero attached hydrogens (tertiary/aromatic N) is 1. The van der Waals surface area contributed by atoms with Crippen LogP contribution in [0.5, 0.6) is 5.75 Å². The lowest BCUT2D eigenvalue weighted by atomic mass is 9.97. The first kappa shape index (κ1) is 12.8. The summed E-state index contributed by atoms with van der Waals surface area (Å²) in [6.45, 7) is 6.11. The molecule has 0 aliphatic carbocycles. The van der Waals surface area contributed by atoms with Gasteiger partial charge in [-0.1, -0.05) is 6.07 Å². The molecule has 0 radical (unpaired) electrons. The molecule has 0 amide bonds. The van der Waals surface area contributed by atoms with Crippen molar-refractivity contribution in [1.29, 1.82) is 0 Å². The number of aromatic nitrogens is 1. The lowest BCUT2D eigenvalue weighted by molar-refractivity contribution is 0.419. The number of nitrogens with two attached hydrogens (primary N) is 1. The molecule has 96 valence electrons. The van der Waals surface area contributed by atoms with Gasteiger partial charge in [0.1, 0.15) is 5.75 Å². The smallest absolute Gasteiger partial charge is 0.128 e. The van der Waals surface area contributed by atoms with E-state index in [9.17, 15) is 0 Å². The summed E-state index contributed by atoms with van der Waals surface area (Å²) >= 11 is 0. The molecule has 0 atom stereocenters. The number of methoxy groups -OCH3 is 1. The third kappa shape index (κ3) is 2.62. The first-order chi connectivity index (χ1) is 8.40. The Bertz CT molecular complexity index is 570. The van der Waals surface area contributed by atoms with Gasteiger partial charge in [0, 0.05) is 23.0 Å². The minimum Gasteiger partial charge on any atom is -0.496 e. The molecular formula is C15H20N2O. The summed E-state index contributed by atoms with van der Waals surface area (Å²) < 4.78 is 5.38. The van der Waals surface area contributed by atoms with Crippen LogP contribution in [0.4, 0.5) is 0 Å². The van der Waals surface area contributed by atoms with E-state index in [1.165, 1.54) is 5.56 Å². The van der Waals surface area contributed by atoms with Gasteiger partial charge in [0.2, 0.25) is 0 Å². The summed E-state index contributed by atoms with van der Waals surface area (Å²) in [5.74, 6) is 0.871. The molecule has 3 nitrogen and oxygen atoms in total. The monoisotopic (exact) mass is 244 g/mol. The van der Waals surface area contributed by atoms with Crippen LogP contribution >= 0.6 is 0 Å². The fourth-order valence-electron chi connectivity index (χ4n) is 2.25. The Morgan fingerprint density at radius 1 is 1.33 bits per heavy atom. The minimum absolute atomic E-state index is 0.244. The van der Waals surface area contributed by atoms with Crippen molar-refractivity contribution in [1.82, 2.24) is 4.98 Å². The Hall–Kier alpha value is -1.61. The fraction of sp³-hybridized carbons (Fsp3) is 0.400. The van der Waals surface area contributed by atoms with Crippen molar-refractivity contribution in [3.8, 4) is 5.75 Å². The highest BCUT2D eigenvalue weighted by molar-refractivity contribution is 5.88. The van der Waals surface area contributed by atoms with Crippen molar-refractivity contribution in [2.24, 2.45) is 5.73 Å². The molecule has 3 heteroatoms. The highest BCUT2D eigenvalue weighted by atomic mass is 16.5. The largest absolute Gasteiger partial charge is 0.496 e. The molecule has 2 N–H and O–H groups in total. The summed E-state index contributed by atoms with van der Waals surface area (Å²) in [6.07, 6.45) is 0.765. The highest BCUT2D eigenvalue weighted by Crippen LogP contribution is 2.28. The van der Waals surface area contributed by atoms with Gasteiger partial charge in [0.05, 0.1) is 12.6 Å². The molecule has 0 saturated carbocycles. The molecule has 1 heterocycles. The van der Waals surface area contributed by atoms with Crippen LogP contribution in [0.25, 0.3) is 10.9 Å². The van der Waals surface area contributed by atoms with Crippen LogP contribution < -0.4 is 10.5 Å². The molecule has 1 aromatic carbocycles. The lowest BCUT2D eigenvalue weighted by Gasteiger charge is -2.18. The Kier molecular flexibility index (Phi) is 3.26. The second-order valence-electron chi connectivity index (χ2n) is 5.45. The minimum atomic E-state index is -0.244. The molecule has 1 aromatic heterocycles. The van der Waals surface area contributed by atoms with Crippen LogP contribution in [0.3, 0.4) is 0 Å². The van der Waals surface area contributed by atoms with Crippen molar-refractivity contribution in [3.05, 3.63) is 35.5 Å². The third-order valence-corrected chi connectivity index (χ3v) is 2.90. The van der Waals surface area contributed by atoms with Crippen LogP contribution in [0.2, 0.25) is 0 Å². The van der Waals surface area contributed by atoms with E-state index in [2.05, 4.69) is 18.0 Å². The van der Waals surface area contributed by atoms with E-state index in [0.717, 1.165) is 28.8 Å². The maximum absolute atomic E-state index is 6.05. The Balaban J connectivity index is 2.57. The maximum atomic E-state index is 6.05. The van der Waals surface area contributed by atoms with Gasteiger partial charge in [-0.15, -0.1) is 0 Å². The number of hydrogen-bond acceptors (Lipinski definition) is 3. The Labute approximate surface area is 108 Å². The molecule has 0 unspecified atom stereocenters. The number of aryl methyl sites for hydroxylation is 1. The topological polar surface area (TPSA) is 48.1 Å². The number of ether oxygens (including phenoxy) is 1. The summed E-state index contributed by atoms with van der Waals surface area (Å²) in [6, 6.07) is 8.03. The average Bonchev–Trinajstić information content (AvgIpc) is 2.25. The molecule has 0 aliphatic rings. The van der Waals surface area contributed by atoms with Crippen molar-refractivity contribution in [3.63, 3.8) is 0 Å². The van der Waals surface area contributed by atoms with Crippen LogP contribution in [-0.4, -0.2) is 17.6 Å². The van der Waals surface area contributed by atoms with Crippen molar-refractivity contribution < 1.29 is 4.74 Å². The predicted octanol–water partition coefficient (Wildman–Crippen LogP) is 2.83. The van der Waals surface area contributed by atoms with Crippen molar-refractivity contribution >= 4 is 10.9 Å². The molecular weight excluding hydrogens is 224 g/mol. The summed E-state index contributed by atoms with van der Waals surface area (Å²) in [5.41, 5.74) is 8.98. The first-order valence-electron chi connectivity index (χ1n) is 6.13. The van der Waals surface area contributed by atoms with Gasteiger partial charge in [0.15, 0.2) is 0 Å². The van der Waals surface area contributed by atoms with E-state index in [1.807, 2.05) is 32.0 Å². The number of hydrogen-bond donors (Lipinski definition) is 1. The van der Waals surface area contributed by atoms with E-state index in [4.69, 9.17) is 10.5 Å². The SMILES string of the molecule is COc1cccc2nc(CC(C)(C)N)cc(C)c12. The predicted molar refractivity (Wildman–Crippen MR) is 75.0 cm³/mol. The zero-order valence-corrected chi connectivity index (χ0v) is 11.4. The van der Waals surface area contributed by atoms with Gasteiger partial charge in [-0.2, -0.15) is 0 Å². The second-order valence-corrected chi connectivity index (χ2v) is 5.45. The molecule has 0 bridgehead atoms. The fourth-order valence-corrected chi connectivity index (χ4v) is 2.25. The van der Waals surface area contributed by atoms with Crippen molar-refractivity contribution in [2.45, 2.75) is 32.7 Å². The normalized spacial score (nSPS) is 11.8. The standard InChI is InChI=1S/C15H20N2O/c1-10-8-11(9-15(2,3)16)17-12-6-5-7-13(18-4)14(10)12/h5-8H,9,16H2,1-4H3. The molecule has 2 aromatic rings. The zero-order chi connectivity index (χ0) is 13.3. The average molecular weight is 244 g/mol. The van der Waals surface area contributed by atoms with Gasteiger partial charge >= 0.3 is 0 Å². The summed E-state index contributed by atoms with van der Waals surface area (Å²) in [7, 11) is 1.69. The van der Waals surface area contributed by atoms with E-state index >= 15 is 0 Å². The van der Waals surface area contributed by atoms with Crippen LogP contribution in [0, 0.1) is 6.92 Å². The molecule has 0 saturated heterocycles. The van der Waals surface area contributed by atoms with Gasteiger partial charge in [-0.05, 0) is 44.5 Å². The van der Waals surface area contributed by atoms with Gasteiger partial charge in [-0.3, -0.25) is 4.98 Å². The third-order valence-electron chi connectivity index (χ3n) is 2.90. The highest BCUT2D eigenvalue weighted by Gasteiger charge is 2.14.